The fourth-order valence-electron chi connectivity index (χ4n) is 2.93. The lowest BCUT2D eigenvalue weighted by Crippen LogP contribution is -2.26. The second kappa shape index (κ2) is 7.26. The molecule has 2 aromatic heterocycles. The van der Waals surface area contributed by atoms with Gasteiger partial charge in [0.2, 0.25) is 0 Å². The first kappa shape index (κ1) is 16.8. The van der Waals surface area contributed by atoms with Crippen molar-refractivity contribution in [1.82, 2.24) is 9.55 Å². The Hall–Kier alpha value is -2.01. The van der Waals surface area contributed by atoms with Gasteiger partial charge in [0.1, 0.15) is 17.3 Å². The summed E-state index contributed by atoms with van der Waals surface area (Å²) < 4.78 is 14.4. The summed E-state index contributed by atoms with van der Waals surface area (Å²) in [5.41, 5.74) is 3.03. The smallest absolute Gasteiger partial charge is 0.262 e. The monoisotopic (exact) mass is 344 g/mol. The minimum Gasteiger partial charge on any atom is -0.293 e. The van der Waals surface area contributed by atoms with Gasteiger partial charge in [-0.2, -0.15) is 0 Å². The summed E-state index contributed by atoms with van der Waals surface area (Å²) in [5, 5.41) is 2.59. The predicted octanol–water partition coefficient (Wildman–Crippen LogP) is 4.61. The van der Waals surface area contributed by atoms with Crippen molar-refractivity contribution in [1.29, 1.82) is 0 Å². The van der Waals surface area contributed by atoms with Crippen LogP contribution >= 0.6 is 11.3 Å². The van der Waals surface area contributed by atoms with Crippen LogP contribution in [0.3, 0.4) is 0 Å². The van der Waals surface area contributed by atoms with Crippen LogP contribution in [0.4, 0.5) is 4.39 Å². The number of aryl methyl sites for hydroxylation is 2. The van der Waals surface area contributed by atoms with Gasteiger partial charge in [0.05, 0.1) is 11.9 Å². The van der Waals surface area contributed by atoms with E-state index in [4.69, 9.17) is 0 Å². The number of hydrogen-bond acceptors (Lipinski definition) is 3. The van der Waals surface area contributed by atoms with Crippen LogP contribution in [-0.4, -0.2) is 16.2 Å². The van der Waals surface area contributed by atoms with Crippen LogP contribution in [0.25, 0.3) is 21.3 Å². The molecule has 0 saturated carbocycles. The number of fused-ring (bicyclic) bond motifs is 1. The summed E-state index contributed by atoms with van der Waals surface area (Å²) in [6.45, 7) is 3.66. The first-order valence-corrected chi connectivity index (χ1v) is 9.23. The van der Waals surface area contributed by atoms with Gasteiger partial charge in [-0.3, -0.25) is 9.36 Å². The Kier molecular flexibility index (Phi) is 5.09. The zero-order chi connectivity index (χ0) is 17.1. The van der Waals surface area contributed by atoms with Crippen LogP contribution in [0.2, 0.25) is 0 Å². The molecule has 0 aliphatic carbocycles. The average molecular weight is 344 g/mol. The van der Waals surface area contributed by atoms with E-state index >= 15 is 0 Å². The molecule has 0 N–H and O–H groups in total. The summed E-state index contributed by atoms with van der Waals surface area (Å²) >= 11 is 1.48. The molecular weight excluding hydrogens is 323 g/mol. The third-order valence-electron chi connectivity index (χ3n) is 4.23. The molecule has 2 heterocycles. The Balaban J connectivity index is 2.20. The Bertz CT molecular complexity index is 896. The SMILES string of the molecule is CCCc1nc2scc(-c3ccc(CC)cc3)c2c(=O)n1CCF. The molecule has 0 radical (unpaired) electrons. The van der Waals surface area contributed by atoms with Gasteiger partial charge in [0, 0.05) is 17.4 Å². The van der Waals surface area contributed by atoms with Crippen LogP contribution in [0.5, 0.6) is 0 Å². The summed E-state index contributed by atoms with van der Waals surface area (Å²) in [4.78, 5) is 18.3. The molecule has 3 nitrogen and oxygen atoms in total. The van der Waals surface area contributed by atoms with E-state index in [9.17, 15) is 9.18 Å². The zero-order valence-electron chi connectivity index (χ0n) is 14.0. The largest absolute Gasteiger partial charge is 0.293 e. The van der Waals surface area contributed by atoms with Crippen molar-refractivity contribution in [2.45, 2.75) is 39.7 Å². The molecule has 1 aromatic carbocycles. The molecule has 0 atom stereocenters. The van der Waals surface area contributed by atoms with Crippen molar-refractivity contribution in [3.8, 4) is 11.1 Å². The van der Waals surface area contributed by atoms with Gasteiger partial charge >= 0.3 is 0 Å². The molecule has 0 fully saturated rings. The van der Waals surface area contributed by atoms with Gasteiger partial charge in [0.15, 0.2) is 0 Å². The van der Waals surface area contributed by atoms with Crippen molar-refractivity contribution in [3.05, 3.63) is 51.4 Å². The van der Waals surface area contributed by atoms with Crippen LogP contribution < -0.4 is 5.56 Å². The molecule has 3 aromatic rings. The number of thiophene rings is 1. The Morgan fingerprint density at radius 2 is 1.96 bits per heavy atom. The van der Waals surface area contributed by atoms with E-state index in [1.807, 2.05) is 24.4 Å². The number of alkyl halides is 1. The molecule has 0 saturated heterocycles. The molecule has 126 valence electrons. The Morgan fingerprint density at radius 3 is 2.58 bits per heavy atom. The topological polar surface area (TPSA) is 34.9 Å². The highest BCUT2D eigenvalue weighted by molar-refractivity contribution is 7.17. The molecule has 0 spiro atoms. The lowest BCUT2D eigenvalue weighted by molar-refractivity contribution is 0.431. The van der Waals surface area contributed by atoms with Crippen LogP contribution in [-0.2, 0) is 19.4 Å². The van der Waals surface area contributed by atoms with Crippen molar-refractivity contribution >= 4 is 21.6 Å². The Labute approximate surface area is 144 Å². The van der Waals surface area contributed by atoms with Crippen molar-refractivity contribution in [2.24, 2.45) is 0 Å². The summed E-state index contributed by atoms with van der Waals surface area (Å²) in [5.74, 6) is 0.683. The summed E-state index contributed by atoms with van der Waals surface area (Å²) in [6, 6.07) is 8.24. The molecular formula is C19H21FN2OS. The van der Waals surface area contributed by atoms with Gasteiger partial charge in [0.25, 0.3) is 5.56 Å². The molecule has 5 heteroatoms. The first-order chi connectivity index (χ1) is 11.7. The van der Waals surface area contributed by atoms with Gasteiger partial charge in [-0.05, 0) is 24.0 Å². The number of rotatable bonds is 6. The van der Waals surface area contributed by atoms with Crippen LogP contribution in [0.15, 0.2) is 34.4 Å². The maximum atomic E-state index is 13.0. The second-order valence-corrected chi connectivity index (χ2v) is 6.66. The van der Waals surface area contributed by atoms with Crippen LogP contribution in [0, 0.1) is 0 Å². The molecule has 0 unspecified atom stereocenters. The lowest BCUT2D eigenvalue weighted by Gasteiger charge is -2.10. The molecule has 3 rings (SSSR count). The van der Waals surface area contributed by atoms with Gasteiger partial charge in [-0.25, -0.2) is 9.37 Å². The predicted molar refractivity (Wildman–Crippen MR) is 98.7 cm³/mol. The number of nitrogens with zero attached hydrogens (tertiary/aromatic N) is 2. The van der Waals surface area contributed by atoms with Gasteiger partial charge in [-0.15, -0.1) is 11.3 Å². The van der Waals surface area contributed by atoms with Crippen molar-refractivity contribution in [2.75, 3.05) is 6.67 Å². The summed E-state index contributed by atoms with van der Waals surface area (Å²) in [6.07, 6.45) is 2.54. The molecule has 0 bridgehead atoms. The highest BCUT2D eigenvalue weighted by Gasteiger charge is 2.16. The van der Waals surface area contributed by atoms with Gasteiger partial charge in [-0.1, -0.05) is 38.1 Å². The van der Waals surface area contributed by atoms with E-state index in [2.05, 4.69) is 24.0 Å². The maximum absolute atomic E-state index is 13.0. The third-order valence-corrected chi connectivity index (χ3v) is 5.10. The van der Waals surface area contributed by atoms with E-state index in [1.165, 1.54) is 21.5 Å². The lowest BCUT2D eigenvalue weighted by atomic mass is 10.0. The fraction of sp³-hybridized carbons (Fsp3) is 0.368. The first-order valence-electron chi connectivity index (χ1n) is 8.35. The molecule has 0 amide bonds. The molecule has 24 heavy (non-hydrogen) atoms. The highest BCUT2D eigenvalue weighted by atomic mass is 32.1. The fourth-order valence-corrected chi connectivity index (χ4v) is 3.89. The number of benzene rings is 1. The Morgan fingerprint density at radius 1 is 1.21 bits per heavy atom. The normalized spacial score (nSPS) is 11.3. The van der Waals surface area contributed by atoms with E-state index in [-0.39, 0.29) is 12.1 Å². The van der Waals surface area contributed by atoms with Gasteiger partial charge < -0.3 is 0 Å². The number of halogens is 1. The molecule has 0 aliphatic heterocycles. The minimum absolute atomic E-state index is 0.0706. The highest BCUT2D eigenvalue weighted by Crippen LogP contribution is 2.31. The quantitative estimate of drug-likeness (QED) is 0.654. The van der Waals surface area contributed by atoms with E-state index in [0.29, 0.717) is 17.6 Å². The van der Waals surface area contributed by atoms with E-state index in [1.54, 1.807) is 0 Å². The zero-order valence-corrected chi connectivity index (χ0v) is 14.8. The number of hydrogen-bond donors (Lipinski definition) is 0. The third kappa shape index (κ3) is 3.00. The van der Waals surface area contributed by atoms with Crippen molar-refractivity contribution < 1.29 is 4.39 Å². The minimum atomic E-state index is -0.561. The summed E-state index contributed by atoms with van der Waals surface area (Å²) in [7, 11) is 0. The van der Waals surface area contributed by atoms with E-state index in [0.717, 1.165) is 28.8 Å². The van der Waals surface area contributed by atoms with E-state index < -0.39 is 6.67 Å². The standard InChI is InChI=1S/C19H21FN2OS/c1-3-5-16-21-18-17(19(23)22(16)11-10-20)15(12-24-18)14-8-6-13(4-2)7-9-14/h6-9,12H,3-5,10-11H2,1-2H3. The molecule has 0 aliphatic rings. The number of aromatic nitrogens is 2. The van der Waals surface area contributed by atoms with Crippen LogP contribution in [0.1, 0.15) is 31.7 Å². The van der Waals surface area contributed by atoms with Crippen molar-refractivity contribution in [3.63, 3.8) is 0 Å². The second-order valence-electron chi connectivity index (χ2n) is 5.80. The maximum Gasteiger partial charge on any atom is 0.262 e. The average Bonchev–Trinajstić information content (AvgIpc) is 3.03.